The van der Waals surface area contributed by atoms with Gasteiger partial charge in [0.15, 0.2) is 0 Å². The highest BCUT2D eigenvalue weighted by atomic mass is 16.5. The number of furan rings is 1. The summed E-state index contributed by atoms with van der Waals surface area (Å²) in [6.07, 6.45) is 1.56. The molecule has 5 nitrogen and oxygen atoms in total. The fourth-order valence-corrected chi connectivity index (χ4v) is 3.14. The number of aryl methyl sites for hydroxylation is 2. The Morgan fingerprint density at radius 3 is 2.64 bits per heavy atom. The summed E-state index contributed by atoms with van der Waals surface area (Å²) in [5, 5.41) is 3.90. The smallest absolute Gasteiger partial charge is 0.248 e. The fraction of sp³-hybridized carbons (Fsp3) is 0.261. The van der Waals surface area contributed by atoms with Gasteiger partial charge < -0.3 is 19.2 Å². The van der Waals surface area contributed by atoms with Crippen molar-refractivity contribution in [3.05, 3.63) is 59.4 Å². The lowest BCUT2D eigenvalue weighted by molar-refractivity contribution is -0.111. The average molecular weight is 379 g/mol. The lowest BCUT2D eigenvalue weighted by Crippen LogP contribution is -2.10. The average Bonchev–Trinajstić information content (AvgIpc) is 2.95. The number of benzene rings is 2. The van der Waals surface area contributed by atoms with Gasteiger partial charge in [-0.15, -0.1) is 0 Å². The summed E-state index contributed by atoms with van der Waals surface area (Å²) in [4.78, 5) is 12.6. The van der Waals surface area contributed by atoms with Gasteiger partial charge in [0.2, 0.25) is 5.91 Å². The van der Waals surface area contributed by atoms with Gasteiger partial charge in [0.25, 0.3) is 0 Å². The molecular formula is C23H25NO4. The molecule has 146 valence electrons. The molecule has 0 spiro atoms. The van der Waals surface area contributed by atoms with Gasteiger partial charge in [0, 0.05) is 23.1 Å². The molecule has 0 fully saturated rings. The first kappa shape index (κ1) is 19.5. The van der Waals surface area contributed by atoms with Crippen molar-refractivity contribution in [1.82, 2.24) is 0 Å². The Morgan fingerprint density at radius 2 is 1.93 bits per heavy atom. The van der Waals surface area contributed by atoms with Crippen LogP contribution in [0.4, 0.5) is 5.69 Å². The number of anilines is 1. The third kappa shape index (κ3) is 3.88. The Labute approximate surface area is 164 Å². The van der Waals surface area contributed by atoms with Crippen molar-refractivity contribution in [1.29, 1.82) is 0 Å². The van der Waals surface area contributed by atoms with E-state index in [1.54, 1.807) is 13.2 Å². The van der Waals surface area contributed by atoms with Gasteiger partial charge in [-0.1, -0.05) is 12.1 Å². The van der Waals surface area contributed by atoms with E-state index in [4.69, 9.17) is 13.9 Å². The zero-order valence-corrected chi connectivity index (χ0v) is 16.9. The fourth-order valence-electron chi connectivity index (χ4n) is 3.14. The normalized spacial score (nSPS) is 11.5. The molecule has 0 aliphatic heterocycles. The van der Waals surface area contributed by atoms with Crippen molar-refractivity contribution in [2.75, 3.05) is 19.0 Å². The van der Waals surface area contributed by atoms with Crippen molar-refractivity contribution in [3.8, 4) is 11.5 Å². The van der Waals surface area contributed by atoms with E-state index in [9.17, 15) is 4.79 Å². The number of fused-ring (bicyclic) bond motifs is 1. The number of para-hydroxylation sites is 2. The number of allylic oxidation sites excluding steroid dienone is 1. The van der Waals surface area contributed by atoms with Gasteiger partial charge in [-0.2, -0.15) is 0 Å². The van der Waals surface area contributed by atoms with Crippen molar-refractivity contribution in [3.63, 3.8) is 0 Å². The van der Waals surface area contributed by atoms with Gasteiger partial charge in [-0.3, -0.25) is 4.79 Å². The second-order valence-electron chi connectivity index (χ2n) is 6.58. The highest BCUT2D eigenvalue weighted by Gasteiger charge is 2.14. The number of methoxy groups -OCH3 is 1. The van der Waals surface area contributed by atoms with E-state index in [2.05, 4.69) is 5.32 Å². The zero-order chi connectivity index (χ0) is 20.3. The highest BCUT2D eigenvalue weighted by Crippen LogP contribution is 2.35. The summed E-state index contributed by atoms with van der Waals surface area (Å²) in [6, 6.07) is 11.2. The molecule has 3 aromatic rings. The first-order chi connectivity index (χ1) is 13.4. The van der Waals surface area contributed by atoms with Crippen molar-refractivity contribution < 1.29 is 18.7 Å². The van der Waals surface area contributed by atoms with Crippen LogP contribution in [0.1, 0.15) is 30.7 Å². The lowest BCUT2D eigenvalue weighted by atomic mass is 10.0. The first-order valence-electron chi connectivity index (χ1n) is 9.23. The molecule has 1 aromatic heterocycles. The Kier molecular flexibility index (Phi) is 5.73. The lowest BCUT2D eigenvalue weighted by Gasteiger charge is -2.11. The second kappa shape index (κ2) is 8.21. The molecule has 0 bridgehead atoms. The van der Waals surface area contributed by atoms with Crippen LogP contribution in [0.5, 0.6) is 11.5 Å². The summed E-state index contributed by atoms with van der Waals surface area (Å²) >= 11 is 0. The molecule has 0 atom stereocenters. The zero-order valence-electron chi connectivity index (χ0n) is 16.9. The predicted molar refractivity (Wildman–Crippen MR) is 112 cm³/mol. The number of rotatable bonds is 6. The largest absolute Gasteiger partial charge is 0.496 e. The van der Waals surface area contributed by atoms with Crippen LogP contribution in [0, 0.1) is 13.8 Å². The number of carbonyl (C=O) groups excluding carboxylic acids is 1. The van der Waals surface area contributed by atoms with E-state index in [-0.39, 0.29) is 5.91 Å². The van der Waals surface area contributed by atoms with Crippen LogP contribution >= 0.6 is 0 Å². The minimum absolute atomic E-state index is 0.230. The third-order valence-corrected chi connectivity index (χ3v) is 4.71. The SMILES string of the molecule is CCOc1ccccc1NC(=O)/C=C(\C)c1cc2c(C)c(C)oc2cc1OC. The van der Waals surface area contributed by atoms with Crippen LogP contribution in [0.2, 0.25) is 0 Å². The molecular weight excluding hydrogens is 354 g/mol. The van der Waals surface area contributed by atoms with Crippen LogP contribution in [0.15, 0.2) is 46.9 Å². The topological polar surface area (TPSA) is 60.7 Å². The Morgan fingerprint density at radius 1 is 1.18 bits per heavy atom. The van der Waals surface area contributed by atoms with E-state index >= 15 is 0 Å². The molecule has 0 unspecified atom stereocenters. The van der Waals surface area contributed by atoms with Gasteiger partial charge in [-0.05, 0) is 57.0 Å². The minimum Gasteiger partial charge on any atom is -0.496 e. The van der Waals surface area contributed by atoms with Crippen LogP contribution in [0.25, 0.3) is 16.5 Å². The number of hydrogen-bond donors (Lipinski definition) is 1. The van der Waals surface area contributed by atoms with E-state index in [1.807, 2.05) is 64.1 Å². The number of ether oxygens (including phenoxy) is 2. The number of hydrogen-bond acceptors (Lipinski definition) is 4. The number of carbonyl (C=O) groups is 1. The molecule has 1 amide bonds. The van der Waals surface area contributed by atoms with Crippen molar-refractivity contribution in [2.24, 2.45) is 0 Å². The molecule has 2 aromatic carbocycles. The monoisotopic (exact) mass is 379 g/mol. The molecule has 1 N–H and O–H groups in total. The van der Waals surface area contributed by atoms with Gasteiger partial charge in [-0.25, -0.2) is 0 Å². The highest BCUT2D eigenvalue weighted by molar-refractivity contribution is 6.05. The van der Waals surface area contributed by atoms with E-state index in [1.165, 1.54) is 0 Å². The van der Waals surface area contributed by atoms with Crippen LogP contribution in [-0.4, -0.2) is 19.6 Å². The quantitative estimate of drug-likeness (QED) is 0.575. The predicted octanol–water partition coefficient (Wildman–Crippen LogP) is 5.50. The molecule has 28 heavy (non-hydrogen) atoms. The van der Waals surface area contributed by atoms with Gasteiger partial charge in [0.05, 0.1) is 19.4 Å². The van der Waals surface area contributed by atoms with Crippen molar-refractivity contribution in [2.45, 2.75) is 27.7 Å². The van der Waals surface area contributed by atoms with Gasteiger partial charge in [0.1, 0.15) is 22.8 Å². The maximum absolute atomic E-state index is 12.6. The summed E-state index contributed by atoms with van der Waals surface area (Å²) in [7, 11) is 1.61. The maximum Gasteiger partial charge on any atom is 0.248 e. The number of amides is 1. The Hall–Kier alpha value is -3.21. The number of nitrogens with one attached hydrogen (secondary N) is 1. The summed E-state index contributed by atoms with van der Waals surface area (Å²) < 4.78 is 16.9. The minimum atomic E-state index is -0.230. The van der Waals surface area contributed by atoms with E-state index < -0.39 is 0 Å². The van der Waals surface area contributed by atoms with Crippen molar-refractivity contribution >= 4 is 28.1 Å². The van der Waals surface area contributed by atoms with E-state index in [0.717, 1.165) is 33.4 Å². The molecule has 0 aliphatic rings. The summed E-state index contributed by atoms with van der Waals surface area (Å²) in [6.45, 7) is 8.29. The first-order valence-corrected chi connectivity index (χ1v) is 9.23. The van der Waals surface area contributed by atoms with Crippen LogP contribution in [0.3, 0.4) is 0 Å². The van der Waals surface area contributed by atoms with Gasteiger partial charge >= 0.3 is 0 Å². The molecule has 5 heteroatoms. The van der Waals surface area contributed by atoms with E-state index in [0.29, 0.717) is 23.8 Å². The maximum atomic E-state index is 12.6. The molecule has 0 saturated heterocycles. The van der Waals surface area contributed by atoms with Crippen LogP contribution < -0.4 is 14.8 Å². The second-order valence-corrected chi connectivity index (χ2v) is 6.58. The third-order valence-electron chi connectivity index (χ3n) is 4.71. The molecule has 0 radical (unpaired) electrons. The molecule has 1 heterocycles. The summed E-state index contributed by atoms with van der Waals surface area (Å²) in [5.74, 6) is 1.96. The molecule has 0 aliphatic carbocycles. The van der Waals surface area contributed by atoms with Crippen LogP contribution in [-0.2, 0) is 4.79 Å². The standard InChI is InChI=1S/C23H25NO4/c1-6-27-20-10-8-7-9-19(20)24-23(25)11-14(2)17-12-18-15(3)16(4)28-22(18)13-21(17)26-5/h7-13H,6H2,1-5H3,(H,24,25)/b14-11+. The Balaban J connectivity index is 1.92. The molecule has 0 saturated carbocycles. The molecule has 3 rings (SSSR count). The summed E-state index contributed by atoms with van der Waals surface area (Å²) in [5.41, 5.74) is 4.15. The Bertz CT molecular complexity index is 1050.